The van der Waals surface area contributed by atoms with E-state index in [1.807, 2.05) is 18.2 Å². The zero-order chi connectivity index (χ0) is 31.9. The van der Waals surface area contributed by atoms with Gasteiger partial charge in [-0.25, -0.2) is 17.8 Å². The topological polar surface area (TPSA) is 98.7 Å². The van der Waals surface area contributed by atoms with Crippen molar-refractivity contribution in [2.24, 2.45) is 0 Å². The molecule has 1 aromatic heterocycles. The van der Waals surface area contributed by atoms with E-state index in [1.165, 1.54) is 30.3 Å². The summed E-state index contributed by atoms with van der Waals surface area (Å²) >= 11 is 6.26. The van der Waals surface area contributed by atoms with Crippen LogP contribution in [0.2, 0.25) is 5.02 Å². The van der Waals surface area contributed by atoms with Crippen LogP contribution in [0.5, 0.6) is 11.8 Å². The molecule has 1 amide bonds. The Morgan fingerprint density at radius 1 is 1.02 bits per heavy atom. The first kappa shape index (κ1) is 32.9. The highest BCUT2D eigenvalue weighted by molar-refractivity contribution is 7.91. The van der Waals surface area contributed by atoms with Gasteiger partial charge in [-0.2, -0.15) is 18.2 Å². The molecule has 0 aliphatic carbocycles. The summed E-state index contributed by atoms with van der Waals surface area (Å²) in [5.41, 5.74) is 0.918. The van der Waals surface area contributed by atoms with Crippen LogP contribution in [0, 0.1) is 5.82 Å². The van der Waals surface area contributed by atoms with Gasteiger partial charge in [0.05, 0.1) is 22.4 Å². The standard InChI is InChI=1S/C30H28ClF4N3O5S/c1-44(40,41)24(10-4-5-14-42-29-36-17-21-8-2-3-11-26(21)37-29)18-38(28(39)30(33,34)35)23-12-13-27(25(31)16-23)43-19-20-7-6-9-22(32)15-20/h2-3,6-9,11-13,15-17,24H,4-5,10,14,18-19H2,1H3. The molecule has 8 nitrogen and oxygen atoms in total. The highest BCUT2D eigenvalue weighted by atomic mass is 35.5. The molecule has 44 heavy (non-hydrogen) atoms. The van der Waals surface area contributed by atoms with Gasteiger partial charge in [-0.15, -0.1) is 0 Å². The van der Waals surface area contributed by atoms with Crippen LogP contribution in [0.1, 0.15) is 24.8 Å². The maximum atomic E-state index is 13.6. The number of nitrogens with zero attached hydrogens (tertiary/aromatic N) is 3. The fourth-order valence-corrected chi connectivity index (χ4v) is 5.57. The van der Waals surface area contributed by atoms with Crippen molar-refractivity contribution in [3.63, 3.8) is 0 Å². The number of para-hydroxylation sites is 1. The zero-order valence-corrected chi connectivity index (χ0v) is 25.0. The van der Waals surface area contributed by atoms with Gasteiger partial charge in [0.2, 0.25) is 0 Å². The molecule has 1 unspecified atom stereocenters. The number of aromatic nitrogens is 2. The van der Waals surface area contributed by atoms with Crippen LogP contribution in [0.3, 0.4) is 0 Å². The quantitative estimate of drug-likeness (QED) is 0.119. The number of carbonyl (C=O) groups excluding carboxylic acids is 1. The van der Waals surface area contributed by atoms with Crippen molar-refractivity contribution < 1.29 is 40.2 Å². The second kappa shape index (κ2) is 14.2. The molecular formula is C30H28ClF4N3O5S. The summed E-state index contributed by atoms with van der Waals surface area (Å²) in [7, 11) is -3.89. The molecule has 1 atom stereocenters. The molecule has 234 valence electrons. The minimum Gasteiger partial charge on any atom is -0.487 e. The van der Waals surface area contributed by atoms with Crippen molar-refractivity contribution in [2.75, 3.05) is 24.3 Å². The molecule has 0 aliphatic rings. The highest BCUT2D eigenvalue weighted by Gasteiger charge is 2.44. The van der Waals surface area contributed by atoms with Gasteiger partial charge < -0.3 is 14.4 Å². The number of benzene rings is 3. The van der Waals surface area contributed by atoms with Gasteiger partial charge in [0.1, 0.15) is 18.2 Å². The minimum atomic E-state index is -5.28. The number of fused-ring (bicyclic) bond motifs is 1. The molecule has 0 saturated heterocycles. The number of carbonyl (C=O) groups is 1. The van der Waals surface area contributed by atoms with Crippen molar-refractivity contribution >= 4 is 43.9 Å². The second-order valence-electron chi connectivity index (χ2n) is 9.95. The normalized spacial score (nSPS) is 12.6. The lowest BCUT2D eigenvalue weighted by atomic mass is 10.1. The number of sulfone groups is 1. The highest BCUT2D eigenvalue weighted by Crippen LogP contribution is 2.33. The molecule has 1 heterocycles. The molecule has 0 aliphatic heterocycles. The average molecular weight is 654 g/mol. The number of anilines is 1. The van der Waals surface area contributed by atoms with E-state index in [0.29, 0.717) is 22.4 Å². The Balaban J connectivity index is 1.42. The van der Waals surface area contributed by atoms with Crippen molar-refractivity contribution in [3.05, 3.63) is 89.3 Å². The number of rotatable bonds is 13. The summed E-state index contributed by atoms with van der Waals surface area (Å²) in [6, 6.07) is 16.6. The molecule has 4 rings (SSSR count). The van der Waals surface area contributed by atoms with Crippen molar-refractivity contribution in [3.8, 4) is 11.8 Å². The third kappa shape index (κ3) is 9.02. The molecule has 0 radical (unpaired) electrons. The Morgan fingerprint density at radius 2 is 1.80 bits per heavy atom. The number of unbranched alkanes of at least 4 members (excludes halogenated alkanes) is 1. The van der Waals surface area contributed by atoms with E-state index in [0.717, 1.165) is 17.7 Å². The first-order valence-electron chi connectivity index (χ1n) is 13.4. The van der Waals surface area contributed by atoms with Gasteiger partial charge in [0.15, 0.2) is 9.84 Å². The molecule has 0 bridgehead atoms. The number of hydrogen-bond acceptors (Lipinski definition) is 7. The molecule has 0 fully saturated rings. The maximum Gasteiger partial charge on any atom is 0.471 e. The molecule has 0 saturated carbocycles. The van der Waals surface area contributed by atoms with Crippen molar-refractivity contribution in [1.82, 2.24) is 9.97 Å². The van der Waals surface area contributed by atoms with Gasteiger partial charge in [-0.05, 0) is 61.2 Å². The van der Waals surface area contributed by atoms with E-state index in [2.05, 4.69) is 9.97 Å². The minimum absolute atomic E-state index is 0.0367. The van der Waals surface area contributed by atoms with Gasteiger partial charge >= 0.3 is 18.1 Å². The van der Waals surface area contributed by atoms with E-state index in [9.17, 15) is 30.8 Å². The van der Waals surface area contributed by atoms with Gasteiger partial charge in [-0.3, -0.25) is 4.79 Å². The van der Waals surface area contributed by atoms with Crippen LogP contribution in [0.4, 0.5) is 23.2 Å². The third-order valence-electron chi connectivity index (χ3n) is 6.61. The predicted octanol–water partition coefficient (Wildman–Crippen LogP) is 6.56. The Bertz CT molecular complexity index is 1720. The Labute approximate surface area is 256 Å². The predicted molar refractivity (Wildman–Crippen MR) is 158 cm³/mol. The van der Waals surface area contributed by atoms with Gasteiger partial charge in [0.25, 0.3) is 0 Å². The van der Waals surface area contributed by atoms with Gasteiger partial charge in [-0.1, -0.05) is 41.9 Å². The van der Waals surface area contributed by atoms with Crippen molar-refractivity contribution in [2.45, 2.75) is 37.3 Å². The Kier molecular flexibility index (Phi) is 10.6. The van der Waals surface area contributed by atoms with Gasteiger partial charge in [0, 0.05) is 30.1 Å². The maximum absolute atomic E-state index is 13.6. The summed E-state index contributed by atoms with van der Waals surface area (Å²) in [6.07, 6.45) is -2.17. The second-order valence-corrected chi connectivity index (χ2v) is 12.7. The van der Waals surface area contributed by atoms with Crippen LogP contribution in [0.25, 0.3) is 10.9 Å². The van der Waals surface area contributed by atoms with Crippen LogP contribution in [-0.2, 0) is 21.2 Å². The Hall–Kier alpha value is -3.97. The smallest absolute Gasteiger partial charge is 0.471 e. The van der Waals surface area contributed by atoms with Crippen LogP contribution in [-0.4, -0.2) is 55.1 Å². The van der Waals surface area contributed by atoms with E-state index >= 15 is 0 Å². The summed E-state index contributed by atoms with van der Waals surface area (Å²) in [5.74, 6) is -2.64. The monoisotopic (exact) mass is 653 g/mol. The zero-order valence-electron chi connectivity index (χ0n) is 23.4. The molecule has 0 spiro atoms. The Morgan fingerprint density at radius 3 is 2.50 bits per heavy atom. The average Bonchev–Trinajstić information content (AvgIpc) is 2.96. The van der Waals surface area contributed by atoms with Crippen LogP contribution >= 0.6 is 11.6 Å². The molecule has 3 aromatic carbocycles. The SMILES string of the molecule is CS(=O)(=O)C(CCCCOc1ncc2ccccc2n1)CN(C(=O)C(F)(F)F)c1ccc(OCc2cccc(F)c2)c(Cl)c1. The summed E-state index contributed by atoms with van der Waals surface area (Å²) < 4.78 is 90.6. The number of halogens is 5. The van der Waals surface area contributed by atoms with E-state index in [-0.39, 0.29) is 48.5 Å². The summed E-state index contributed by atoms with van der Waals surface area (Å²) in [6.45, 7) is -0.687. The first-order valence-corrected chi connectivity index (χ1v) is 15.7. The lowest BCUT2D eigenvalue weighted by molar-refractivity contribution is -0.170. The van der Waals surface area contributed by atoms with Crippen molar-refractivity contribution in [1.29, 1.82) is 0 Å². The van der Waals surface area contributed by atoms with E-state index < -0.39 is 39.5 Å². The lowest BCUT2D eigenvalue weighted by Gasteiger charge is -2.28. The summed E-state index contributed by atoms with van der Waals surface area (Å²) in [5, 5.41) is -0.600. The number of alkyl halides is 3. The molecule has 14 heteroatoms. The third-order valence-corrected chi connectivity index (χ3v) is 8.50. The fraction of sp³-hybridized carbons (Fsp3) is 0.300. The number of amides is 1. The van der Waals surface area contributed by atoms with E-state index in [1.54, 1.807) is 18.3 Å². The lowest BCUT2D eigenvalue weighted by Crippen LogP contribution is -2.46. The van der Waals surface area contributed by atoms with Crippen LogP contribution in [0.15, 0.2) is 72.9 Å². The first-order chi connectivity index (χ1) is 20.8. The number of hydrogen-bond donors (Lipinski definition) is 0. The fourth-order valence-electron chi connectivity index (χ4n) is 4.33. The molecular weight excluding hydrogens is 626 g/mol. The molecule has 0 N–H and O–H groups in total. The molecule has 4 aromatic rings. The summed E-state index contributed by atoms with van der Waals surface area (Å²) in [4.78, 5) is 21.2. The largest absolute Gasteiger partial charge is 0.487 e. The number of ether oxygens (including phenoxy) is 2. The van der Waals surface area contributed by atoms with Crippen LogP contribution < -0.4 is 14.4 Å². The van der Waals surface area contributed by atoms with E-state index in [4.69, 9.17) is 21.1 Å².